The van der Waals surface area contributed by atoms with Crippen molar-refractivity contribution in [1.82, 2.24) is 14.9 Å². The van der Waals surface area contributed by atoms with Crippen molar-refractivity contribution in [1.29, 1.82) is 0 Å². The molecular weight excluding hydrogens is 340 g/mol. The molecule has 0 atom stereocenters. The molecule has 0 fully saturated rings. The van der Waals surface area contributed by atoms with Crippen LogP contribution < -0.4 is 0 Å². The van der Waals surface area contributed by atoms with Crippen LogP contribution in [0.25, 0.3) is 4.91 Å². The molecule has 0 unspecified atom stereocenters. The molecule has 118 valence electrons. The van der Waals surface area contributed by atoms with Gasteiger partial charge >= 0.3 is 0 Å². The number of hydrogen-bond donors (Lipinski definition) is 0. The maximum Gasteiger partial charge on any atom is 0.216 e. The van der Waals surface area contributed by atoms with Gasteiger partial charge in [0.25, 0.3) is 0 Å². The van der Waals surface area contributed by atoms with Crippen LogP contribution in [0.1, 0.15) is 17.0 Å². The third-order valence-electron chi connectivity index (χ3n) is 3.62. The number of rotatable bonds is 3. The fourth-order valence-electron chi connectivity index (χ4n) is 2.43. The van der Waals surface area contributed by atoms with Gasteiger partial charge in [0.2, 0.25) is 5.16 Å². The van der Waals surface area contributed by atoms with Crippen molar-refractivity contribution in [3.05, 3.63) is 82.6 Å². The number of fused-ring (bicyclic) bond motifs is 1. The molecule has 4 nitrogen and oxygen atoms in total. The van der Waals surface area contributed by atoms with E-state index in [0.717, 1.165) is 26.5 Å². The molecule has 0 radical (unpaired) electrons. The van der Waals surface area contributed by atoms with Gasteiger partial charge in [-0.05, 0) is 41.1 Å². The Morgan fingerprint density at radius 3 is 2.54 bits per heavy atom. The molecule has 1 aromatic heterocycles. The number of thioether (sulfide) groups is 1. The largest absolute Gasteiger partial charge is 0.216 e. The fraction of sp³-hybridized carbons (Fsp3) is 0.0556. The average molecular weight is 353 g/mol. The molecule has 2 aromatic carbocycles. The van der Waals surface area contributed by atoms with Crippen molar-refractivity contribution < 1.29 is 0 Å². The van der Waals surface area contributed by atoms with Crippen LogP contribution in [-0.4, -0.2) is 21.1 Å². The number of hydrogen-bond acceptors (Lipinski definition) is 4. The highest BCUT2D eigenvalue weighted by Crippen LogP contribution is 2.35. The first-order valence-corrected chi connectivity index (χ1v) is 8.66. The van der Waals surface area contributed by atoms with E-state index in [4.69, 9.17) is 11.6 Å². The molecule has 4 rings (SSSR count). The monoisotopic (exact) mass is 352 g/mol. The third-order valence-corrected chi connectivity index (χ3v) is 4.90. The zero-order valence-corrected chi connectivity index (χ0v) is 14.2. The van der Waals surface area contributed by atoms with E-state index < -0.39 is 0 Å². The van der Waals surface area contributed by atoms with E-state index in [0.29, 0.717) is 6.42 Å². The summed E-state index contributed by atoms with van der Waals surface area (Å²) in [6.07, 6.45) is 4.46. The van der Waals surface area contributed by atoms with Gasteiger partial charge in [0, 0.05) is 22.6 Å². The lowest BCUT2D eigenvalue weighted by Crippen LogP contribution is -2.00. The summed E-state index contributed by atoms with van der Waals surface area (Å²) in [5.41, 5.74) is 2.26. The number of aromatic nitrogens is 3. The Morgan fingerprint density at radius 2 is 1.75 bits per heavy atom. The van der Waals surface area contributed by atoms with Crippen LogP contribution in [0.2, 0.25) is 5.02 Å². The van der Waals surface area contributed by atoms with E-state index in [1.54, 1.807) is 22.7 Å². The molecule has 0 saturated carbocycles. The second kappa shape index (κ2) is 6.63. The predicted molar refractivity (Wildman–Crippen MR) is 98.4 cm³/mol. The van der Waals surface area contributed by atoms with Crippen LogP contribution in [0.15, 0.2) is 70.9 Å². The third kappa shape index (κ3) is 3.13. The first-order valence-electron chi connectivity index (χ1n) is 7.46. The zero-order valence-electron chi connectivity index (χ0n) is 12.6. The number of allylic oxidation sites excluding steroid dienone is 1. The standard InChI is InChI=1S/C18H13ClN4S/c19-15-8-6-14(7-9-15)16-10-11-20-23-17(21-22-18(23)24-16)12-13-4-2-1-3-5-13/h1-11H,12H2. The number of halogens is 1. The molecule has 1 aliphatic heterocycles. The Bertz CT molecular complexity index is 914. The lowest BCUT2D eigenvalue weighted by molar-refractivity contribution is 0.731. The highest BCUT2D eigenvalue weighted by molar-refractivity contribution is 8.08. The molecule has 6 heteroatoms. The average Bonchev–Trinajstić information content (AvgIpc) is 2.85. The quantitative estimate of drug-likeness (QED) is 0.696. The van der Waals surface area contributed by atoms with E-state index in [1.807, 2.05) is 48.5 Å². The SMILES string of the molecule is Clc1ccc(C2=CC=Nn3c(Cc4ccccc4)nnc3S2)cc1. The van der Waals surface area contributed by atoms with Gasteiger partial charge in [-0.15, -0.1) is 10.2 Å². The highest BCUT2D eigenvalue weighted by Gasteiger charge is 2.17. The Kier molecular flexibility index (Phi) is 4.19. The molecule has 0 N–H and O–H groups in total. The van der Waals surface area contributed by atoms with E-state index in [1.165, 1.54) is 5.56 Å². The minimum Gasteiger partial charge on any atom is -0.191 e. The second-order valence-electron chi connectivity index (χ2n) is 5.28. The Hall–Kier alpha value is -2.37. The molecule has 2 heterocycles. The van der Waals surface area contributed by atoms with Crippen LogP contribution in [0.4, 0.5) is 0 Å². The van der Waals surface area contributed by atoms with Crippen LogP contribution in [-0.2, 0) is 6.42 Å². The van der Waals surface area contributed by atoms with E-state index in [2.05, 4.69) is 27.4 Å². The van der Waals surface area contributed by atoms with Gasteiger partial charge in [-0.3, -0.25) is 0 Å². The van der Waals surface area contributed by atoms with Gasteiger partial charge in [0.1, 0.15) is 0 Å². The van der Waals surface area contributed by atoms with Gasteiger partial charge in [0.15, 0.2) is 5.82 Å². The summed E-state index contributed by atoms with van der Waals surface area (Å²) >= 11 is 7.52. The molecular formula is C18H13ClN4S. The summed E-state index contributed by atoms with van der Waals surface area (Å²) < 4.78 is 1.80. The Balaban J connectivity index is 1.62. The predicted octanol–water partition coefficient (Wildman–Crippen LogP) is 4.50. The van der Waals surface area contributed by atoms with Crippen molar-refractivity contribution >= 4 is 34.5 Å². The van der Waals surface area contributed by atoms with Gasteiger partial charge in [-0.2, -0.15) is 9.78 Å². The molecule has 0 amide bonds. The van der Waals surface area contributed by atoms with Gasteiger partial charge in [-0.25, -0.2) is 0 Å². The van der Waals surface area contributed by atoms with Crippen LogP contribution in [0.5, 0.6) is 0 Å². The topological polar surface area (TPSA) is 43.1 Å². The molecule has 1 aliphatic rings. The molecule has 3 aromatic rings. The van der Waals surface area contributed by atoms with Gasteiger partial charge in [0.05, 0.1) is 0 Å². The van der Waals surface area contributed by atoms with E-state index in [-0.39, 0.29) is 0 Å². The summed E-state index contributed by atoms with van der Waals surface area (Å²) in [6, 6.07) is 17.9. The maximum atomic E-state index is 5.97. The highest BCUT2D eigenvalue weighted by atomic mass is 35.5. The molecule has 0 bridgehead atoms. The van der Waals surface area contributed by atoms with Crippen molar-refractivity contribution in [2.24, 2.45) is 5.10 Å². The minimum atomic E-state index is 0.696. The minimum absolute atomic E-state index is 0.696. The second-order valence-corrected chi connectivity index (χ2v) is 6.72. The van der Waals surface area contributed by atoms with Crippen molar-refractivity contribution in [2.75, 3.05) is 0 Å². The summed E-state index contributed by atoms with van der Waals surface area (Å²) in [5, 5.41) is 14.6. The molecule has 24 heavy (non-hydrogen) atoms. The molecule has 0 aliphatic carbocycles. The lowest BCUT2D eigenvalue weighted by Gasteiger charge is -2.05. The summed E-state index contributed by atoms with van der Waals surface area (Å²) in [6.45, 7) is 0. The summed E-state index contributed by atoms with van der Waals surface area (Å²) in [4.78, 5) is 1.06. The summed E-state index contributed by atoms with van der Waals surface area (Å²) in [5.74, 6) is 0.825. The van der Waals surface area contributed by atoms with Gasteiger partial charge in [-0.1, -0.05) is 54.1 Å². The normalized spacial score (nSPS) is 13.3. The van der Waals surface area contributed by atoms with Crippen LogP contribution in [0, 0.1) is 0 Å². The van der Waals surface area contributed by atoms with Crippen LogP contribution in [0.3, 0.4) is 0 Å². The van der Waals surface area contributed by atoms with Crippen molar-refractivity contribution in [3.8, 4) is 0 Å². The number of benzene rings is 2. The first-order chi connectivity index (χ1) is 11.8. The van der Waals surface area contributed by atoms with Crippen molar-refractivity contribution in [3.63, 3.8) is 0 Å². The van der Waals surface area contributed by atoms with Crippen molar-refractivity contribution in [2.45, 2.75) is 11.6 Å². The van der Waals surface area contributed by atoms with E-state index >= 15 is 0 Å². The fourth-order valence-corrected chi connectivity index (χ4v) is 3.46. The smallest absolute Gasteiger partial charge is 0.191 e. The van der Waals surface area contributed by atoms with Crippen LogP contribution >= 0.6 is 23.4 Å². The van der Waals surface area contributed by atoms with Gasteiger partial charge < -0.3 is 0 Å². The Morgan fingerprint density at radius 1 is 0.958 bits per heavy atom. The molecule has 0 spiro atoms. The summed E-state index contributed by atoms with van der Waals surface area (Å²) in [7, 11) is 0. The number of nitrogens with zero attached hydrogens (tertiary/aromatic N) is 4. The first kappa shape index (κ1) is 15.2. The lowest BCUT2D eigenvalue weighted by atomic mass is 10.1. The van der Waals surface area contributed by atoms with E-state index in [9.17, 15) is 0 Å². The molecule has 0 saturated heterocycles. The zero-order chi connectivity index (χ0) is 16.4. The maximum absolute atomic E-state index is 5.97. The Labute approximate surface area is 148 Å².